The molecule has 0 bridgehead atoms. The molecule has 0 aliphatic rings. The summed E-state index contributed by atoms with van der Waals surface area (Å²) in [5.41, 5.74) is 1.44. The summed E-state index contributed by atoms with van der Waals surface area (Å²) in [6.07, 6.45) is 4.19. The lowest BCUT2D eigenvalue weighted by molar-refractivity contribution is -0.111. The lowest BCUT2D eigenvalue weighted by atomic mass is 10.2. The molecule has 1 heterocycles. The van der Waals surface area contributed by atoms with E-state index in [4.69, 9.17) is 11.6 Å². The molecule has 0 spiro atoms. The number of sulfone groups is 1. The number of carbonyl (C=O) groups is 1. The standard InChI is InChI=1S/C17H13ClN2O3S2/c1-25(22,23)13-6-7-14-15(10-13)24-17(19-14)20-16(21)8-5-11-3-2-4-12(18)9-11/h2-10H,1H3,(H,19,20,21). The molecular formula is C17H13ClN2O3S2. The first-order valence-electron chi connectivity index (χ1n) is 7.16. The van der Waals surface area contributed by atoms with E-state index in [1.165, 1.54) is 23.5 Å². The molecule has 2 aromatic carbocycles. The van der Waals surface area contributed by atoms with Gasteiger partial charge in [-0.3, -0.25) is 10.1 Å². The zero-order chi connectivity index (χ0) is 18.0. The molecule has 0 unspecified atom stereocenters. The van der Waals surface area contributed by atoms with Crippen molar-refractivity contribution in [3.05, 3.63) is 59.1 Å². The number of amides is 1. The minimum Gasteiger partial charge on any atom is -0.298 e. The summed E-state index contributed by atoms with van der Waals surface area (Å²) in [7, 11) is -3.28. The second-order valence-electron chi connectivity index (χ2n) is 5.30. The topological polar surface area (TPSA) is 76.1 Å². The van der Waals surface area contributed by atoms with Crippen LogP contribution < -0.4 is 5.32 Å². The summed E-state index contributed by atoms with van der Waals surface area (Å²) in [5.74, 6) is -0.331. The van der Waals surface area contributed by atoms with Gasteiger partial charge in [-0.2, -0.15) is 0 Å². The SMILES string of the molecule is CS(=O)(=O)c1ccc2nc(NC(=O)C=Cc3cccc(Cl)c3)sc2c1. The number of nitrogens with one attached hydrogen (secondary N) is 1. The van der Waals surface area contributed by atoms with E-state index >= 15 is 0 Å². The number of carbonyl (C=O) groups excluding carboxylic acids is 1. The van der Waals surface area contributed by atoms with E-state index < -0.39 is 9.84 Å². The van der Waals surface area contributed by atoms with E-state index in [-0.39, 0.29) is 10.8 Å². The normalized spacial score (nSPS) is 11.9. The Morgan fingerprint density at radius 1 is 1.24 bits per heavy atom. The summed E-state index contributed by atoms with van der Waals surface area (Å²) in [6.45, 7) is 0. The summed E-state index contributed by atoms with van der Waals surface area (Å²) in [6, 6.07) is 11.8. The van der Waals surface area contributed by atoms with Gasteiger partial charge in [0.2, 0.25) is 5.91 Å². The number of nitrogens with zero attached hydrogens (tertiary/aromatic N) is 1. The highest BCUT2D eigenvalue weighted by atomic mass is 35.5. The number of benzene rings is 2. The Balaban J connectivity index is 1.77. The minimum atomic E-state index is -3.28. The molecule has 5 nitrogen and oxygen atoms in total. The smallest absolute Gasteiger partial charge is 0.250 e. The maximum absolute atomic E-state index is 12.0. The lowest BCUT2D eigenvalue weighted by Crippen LogP contribution is -2.07. The first kappa shape index (κ1) is 17.6. The number of hydrogen-bond acceptors (Lipinski definition) is 5. The van der Waals surface area contributed by atoms with Crippen molar-refractivity contribution in [3.63, 3.8) is 0 Å². The van der Waals surface area contributed by atoms with Crippen molar-refractivity contribution in [1.82, 2.24) is 4.98 Å². The highest BCUT2D eigenvalue weighted by Gasteiger charge is 2.11. The minimum absolute atomic E-state index is 0.224. The largest absolute Gasteiger partial charge is 0.298 e. The molecule has 8 heteroatoms. The number of rotatable bonds is 4. The van der Waals surface area contributed by atoms with Gasteiger partial charge in [0, 0.05) is 17.4 Å². The molecule has 0 atom stereocenters. The maximum atomic E-state index is 12.0. The summed E-state index contributed by atoms with van der Waals surface area (Å²) >= 11 is 7.11. The van der Waals surface area contributed by atoms with Gasteiger partial charge < -0.3 is 0 Å². The van der Waals surface area contributed by atoms with Crippen molar-refractivity contribution in [2.75, 3.05) is 11.6 Å². The van der Waals surface area contributed by atoms with Gasteiger partial charge in [-0.25, -0.2) is 13.4 Å². The highest BCUT2D eigenvalue weighted by molar-refractivity contribution is 7.90. The second kappa shape index (κ2) is 6.95. The van der Waals surface area contributed by atoms with Crippen molar-refractivity contribution in [1.29, 1.82) is 0 Å². The molecular weight excluding hydrogens is 380 g/mol. The fraction of sp³-hybridized carbons (Fsp3) is 0.0588. The predicted octanol–water partition coefficient (Wildman–Crippen LogP) is 4.01. The van der Waals surface area contributed by atoms with Gasteiger partial charge in [-0.1, -0.05) is 35.1 Å². The van der Waals surface area contributed by atoms with Crippen LogP contribution in [0.5, 0.6) is 0 Å². The zero-order valence-electron chi connectivity index (χ0n) is 13.1. The molecule has 0 fully saturated rings. The van der Waals surface area contributed by atoms with Crippen molar-refractivity contribution in [2.24, 2.45) is 0 Å². The van der Waals surface area contributed by atoms with Crippen LogP contribution in [0.2, 0.25) is 5.02 Å². The Morgan fingerprint density at radius 2 is 2.04 bits per heavy atom. The van der Waals surface area contributed by atoms with E-state index in [1.807, 2.05) is 6.07 Å². The number of anilines is 1. The Kier molecular flexibility index (Phi) is 4.89. The van der Waals surface area contributed by atoms with Crippen LogP contribution in [0.15, 0.2) is 53.4 Å². The Hall–Kier alpha value is -2.22. The number of aromatic nitrogens is 1. The van der Waals surface area contributed by atoms with Gasteiger partial charge >= 0.3 is 0 Å². The monoisotopic (exact) mass is 392 g/mol. The fourth-order valence-corrected chi connectivity index (χ4v) is 3.95. The third kappa shape index (κ3) is 4.45. The van der Waals surface area contributed by atoms with Gasteiger partial charge in [0.1, 0.15) is 0 Å². The molecule has 0 aliphatic carbocycles. The summed E-state index contributed by atoms with van der Waals surface area (Å²) in [5, 5.41) is 3.67. The molecule has 0 saturated heterocycles. The van der Waals surface area contributed by atoms with Crippen LogP contribution >= 0.6 is 22.9 Å². The van der Waals surface area contributed by atoms with Gasteiger partial charge in [-0.15, -0.1) is 0 Å². The van der Waals surface area contributed by atoms with E-state index in [0.29, 0.717) is 20.4 Å². The quantitative estimate of drug-likeness (QED) is 0.681. The lowest BCUT2D eigenvalue weighted by Gasteiger charge is -1.96. The molecule has 1 amide bonds. The number of thiazole rings is 1. The molecule has 3 rings (SSSR count). The number of fused-ring (bicyclic) bond motifs is 1. The molecule has 1 aromatic heterocycles. The van der Waals surface area contributed by atoms with Crippen LogP contribution in [0.25, 0.3) is 16.3 Å². The molecule has 0 aliphatic heterocycles. The van der Waals surface area contributed by atoms with Crippen molar-refractivity contribution in [2.45, 2.75) is 4.90 Å². The maximum Gasteiger partial charge on any atom is 0.250 e. The summed E-state index contributed by atoms with van der Waals surface area (Å²) < 4.78 is 23.9. The molecule has 25 heavy (non-hydrogen) atoms. The van der Waals surface area contributed by atoms with E-state index in [9.17, 15) is 13.2 Å². The van der Waals surface area contributed by atoms with E-state index in [1.54, 1.807) is 36.4 Å². The molecule has 1 N–H and O–H groups in total. The molecule has 0 saturated carbocycles. The van der Waals surface area contributed by atoms with E-state index in [2.05, 4.69) is 10.3 Å². The van der Waals surface area contributed by atoms with Crippen molar-refractivity contribution < 1.29 is 13.2 Å². The Labute approximate surface area is 153 Å². The number of hydrogen-bond donors (Lipinski definition) is 1. The van der Waals surface area contributed by atoms with Crippen LogP contribution in [0.4, 0.5) is 5.13 Å². The Bertz CT molecular complexity index is 1090. The third-order valence-electron chi connectivity index (χ3n) is 3.29. The van der Waals surface area contributed by atoms with Crippen LogP contribution in [-0.2, 0) is 14.6 Å². The van der Waals surface area contributed by atoms with Crippen LogP contribution in [0.1, 0.15) is 5.56 Å². The molecule has 3 aromatic rings. The van der Waals surface area contributed by atoms with Gasteiger partial charge in [0.05, 0.1) is 15.1 Å². The average Bonchev–Trinajstić information content (AvgIpc) is 2.93. The third-order valence-corrected chi connectivity index (χ3v) is 5.57. The van der Waals surface area contributed by atoms with Gasteiger partial charge in [0.25, 0.3) is 0 Å². The average molecular weight is 393 g/mol. The number of halogens is 1. The van der Waals surface area contributed by atoms with Crippen LogP contribution in [0.3, 0.4) is 0 Å². The zero-order valence-corrected chi connectivity index (χ0v) is 15.5. The first-order valence-corrected chi connectivity index (χ1v) is 10.3. The molecule has 128 valence electrons. The highest BCUT2D eigenvalue weighted by Crippen LogP contribution is 2.28. The predicted molar refractivity (Wildman–Crippen MR) is 102 cm³/mol. The van der Waals surface area contributed by atoms with Crippen LogP contribution in [-0.4, -0.2) is 25.6 Å². The van der Waals surface area contributed by atoms with Gasteiger partial charge in [0.15, 0.2) is 15.0 Å². The van der Waals surface area contributed by atoms with Crippen LogP contribution in [0, 0.1) is 0 Å². The summed E-state index contributed by atoms with van der Waals surface area (Å²) in [4.78, 5) is 16.5. The molecule has 0 radical (unpaired) electrons. The van der Waals surface area contributed by atoms with Crippen molar-refractivity contribution >= 4 is 60.1 Å². The first-order chi connectivity index (χ1) is 11.8. The second-order valence-corrected chi connectivity index (χ2v) is 8.78. The Morgan fingerprint density at radius 3 is 2.76 bits per heavy atom. The fourth-order valence-electron chi connectivity index (χ4n) is 2.12. The van der Waals surface area contributed by atoms with Gasteiger partial charge in [-0.05, 0) is 42.0 Å². The van der Waals surface area contributed by atoms with E-state index in [0.717, 1.165) is 11.8 Å². The van der Waals surface area contributed by atoms with Crippen molar-refractivity contribution in [3.8, 4) is 0 Å².